The van der Waals surface area contributed by atoms with Crippen LogP contribution in [0.3, 0.4) is 0 Å². The van der Waals surface area contributed by atoms with Crippen molar-refractivity contribution >= 4 is 54.8 Å². The molecular formula is C24H19N3O5S2. The molecular weight excluding hydrogens is 474 g/mol. The topological polar surface area (TPSA) is 106 Å². The summed E-state index contributed by atoms with van der Waals surface area (Å²) in [6, 6.07) is 18.0. The zero-order valence-corrected chi connectivity index (χ0v) is 19.7. The number of rotatable bonds is 6. The molecule has 0 spiro atoms. The second-order valence-electron chi connectivity index (χ2n) is 7.76. The highest BCUT2D eigenvalue weighted by atomic mass is 32.2. The van der Waals surface area contributed by atoms with E-state index in [1.54, 1.807) is 18.2 Å². The lowest BCUT2D eigenvalue weighted by molar-refractivity contribution is -0.145. The molecule has 1 amide bonds. The van der Waals surface area contributed by atoms with Crippen molar-refractivity contribution in [1.82, 2.24) is 4.98 Å². The van der Waals surface area contributed by atoms with Crippen molar-refractivity contribution in [3.63, 3.8) is 0 Å². The van der Waals surface area contributed by atoms with Crippen LogP contribution in [0.2, 0.25) is 0 Å². The number of anilines is 2. The normalized spacial score (nSPS) is 13.7. The number of hydrogen-bond acceptors (Lipinski definition) is 7. The van der Waals surface area contributed by atoms with E-state index in [1.807, 2.05) is 48.7 Å². The van der Waals surface area contributed by atoms with Gasteiger partial charge in [0.05, 0.1) is 16.3 Å². The standard InChI is InChI=1S/C24H19N3O5S2/c1-15-8-10-16(11-9-15)18-14-33-24(25-18)26-21(28)13-32-22(29)12-27-19-6-2-4-17-5-3-7-20(23(17)19)34(27,30)31/h2-11,14H,12-13H2,1H3,(H,25,26,28). The van der Waals surface area contributed by atoms with Crippen LogP contribution in [0.1, 0.15) is 5.56 Å². The van der Waals surface area contributed by atoms with Crippen molar-refractivity contribution in [1.29, 1.82) is 0 Å². The van der Waals surface area contributed by atoms with Gasteiger partial charge in [-0.1, -0.05) is 54.1 Å². The number of aromatic nitrogens is 1. The van der Waals surface area contributed by atoms with Gasteiger partial charge in [0.2, 0.25) is 0 Å². The van der Waals surface area contributed by atoms with Gasteiger partial charge in [0.1, 0.15) is 6.54 Å². The predicted molar refractivity (Wildman–Crippen MR) is 130 cm³/mol. The Labute approximate surface area is 199 Å². The zero-order valence-electron chi connectivity index (χ0n) is 18.0. The number of benzene rings is 3. The van der Waals surface area contributed by atoms with E-state index in [-0.39, 0.29) is 4.90 Å². The fourth-order valence-electron chi connectivity index (χ4n) is 3.78. The van der Waals surface area contributed by atoms with Gasteiger partial charge in [-0.05, 0) is 24.4 Å². The Balaban J connectivity index is 1.21. The molecule has 0 bridgehead atoms. The van der Waals surface area contributed by atoms with E-state index in [9.17, 15) is 18.0 Å². The monoisotopic (exact) mass is 493 g/mol. The molecule has 0 fully saturated rings. The Kier molecular flexibility index (Phi) is 5.54. The number of ether oxygens (including phenoxy) is 1. The van der Waals surface area contributed by atoms with Gasteiger partial charge in [-0.2, -0.15) is 0 Å². The lowest BCUT2D eigenvalue weighted by Crippen LogP contribution is -2.34. The summed E-state index contributed by atoms with van der Waals surface area (Å²) in [5.74, 6) is -1.39. The predicted octanol–water partition coefficient (Wildman–Crippen LogP) is 3.96. The Morgan fingerprint density at radius 1 is 1.06 bits per heavy atom. The third kappa shape index (κ3) is 4.02. The van der Waals surface area contributed by atoms with Crippen LogP contribution < -0.4 is 9.62 Å². The molecule has 8 nitrogen and oxygen atoms in total. The molecule has 1 N–H and O–H groups in total. The quantitative estimate of drug-likeness (QED) is 0.408. The van der Waals surface area contributed by atoms with Crippen LogP contribution in [0.4, 0.5) is 10.8 Å². The van der Waals surface area contributed by atoms with Crippen molar-refractivity contribution < 1.29 is 22.7 Å². The molecule has 0 radical (unpaired) electrons. The maximum atomic E-state index is 12.9. The summed E-state index contributed by atoms with van der Waals surface area (Å²) in [5.41, 5.74) is 3.21. The van der Waals surface area contributed by atoms with E-state index >= 15 is 0 Å². The molecule has 172 valence electrons. The van der Waals surface area contributed by atoms with Gasteiger partial charge in [0.15, 0.2) is 11.7 Å². The average Bonchev–Trinajstić information content (AvgIpc) is 3.36. The van der Waals surface area contributed by atoms with Crippen molar-refractivity contribution in [2.75, 3.05) is 22.8 Å². The van der Waals surface area contributed by atoms with E-state index in [0.29, 0.717) is 16.2 Å². The zero-order chi connectivity index (χ0) is 23.9. The van der Waals surface area contributed by atoms with Gasteiger partial charge in [-0.25, -0.2) is 13.4 Å². The number of esters is 1. The van der Waals surface area contributed by atoms with E-state index in [2.05, 4.69) is 10.3 Å². The summed E-state index contributed by atoms with van der Waals surface area (Å²) in [6.45, 7) is 0.914. The first-order valence-corrected chi connectivity index (χ1v) is 12.7. The average molecular weight is 494 g/mol. The maximum absolute atomic E-state index is 12.9. The molecule has 2 heterocycles. The molecule has 3 aromatic carbocycles. The second-order valence-corrected chi connectivity index (χ2v) is 10.4. The van der Waals surface area contributed by atoms with Crippen LogP contribution in [0.25, 0.3) is 22.0 Å². The minimum Gasteiger partial charge on any atom is -0.454 e. The Bertz CT molecular complexity index is 1520. The number of sulfonamides is 1. The smallest absolute Gasteiger partial charge is 0.327 e. The Hall–Kier alpha value is -3.76. The van der Waals surface area contributed by atoms with Gasteiger partial charge in [-0.3, -0.25) is 19.2 Å². The lowest BCUT2D eigenvalue weighted by Gasteiger charge is -2.17. The summed E-state index contributed by atoms with van der Waals surface area (Å²) in [6.07, 6.45) is 0. The minimum atomic E-state index is -3.88. The Morgan fingerprint density at radius 2 is 1.79 bits per heavy atom. The summed E-state index contributed by atoms with van der Waals surface area (Å²) < 4.78 is 32.0. The molecule has 10 heteroatoms. The van der Waals surface area contributed by atoms with Crippen LogP contribution in [0.5, 0.6) is 0 Å². The first-order valence-electron chi connectivity index (χ1n) is 10.4. The van der Waals surface area contributed by atoms with E-state index < -0.39 is 35.1 Å². The molecule has 0 unspecified atom stereocenters. The molecule has 1 aromatic heterocycles. The van der Waals surface area contributed by atoms with Gasteiger partial charge in [-0.15, -0.1) is 11.3 Å². The fourth-order valence-corrected chi connectivity index (χ4v) is 6.17. The molecule has 34 heavy (non-hydrogen) atoms. The van der Waals surface area contributed by atoms with E-state index in [0.717, 1.165) is 26.5 Å². The van der Waals surface area contributed by atoms with E-state index in [4.69, 9.17) is 4.74 Å². The van der Waals surface area contributed by atoms with Crippen LogP contribution >= 0.6 is 11.3 Å². The number of amides is 1. The highest BCUT2D eigenvalue weighted by Gasteiger charge is 2.37. The summed E-state index contributed by atoms with van der Waals surface area (Å²) in [5, 5.41) is 6.14. The largest absolute Gasteiger partial charge is 0.454 e. The number of hydrogen-bond donors (Lipinski definition) is 1. The second kappa shape index (κ2) is 8.54. The van der Waals surface area contributed by atoms with Gasteiger partial charge >= 0.3 is 5.97 Å². The van der Waals surface area contributed by atoms with Crippen molar-refractivity contribution in [2.24, 2.45) is 0 Å². The van der Waals surface area contributed by atoms with E-state index in [1.165, 1.54) is 17.4 Å². The number of nitrogens with zero attached hydrogens (tertiary/aromatic N) is 2. The summed E-state index contributed by atoms with van der Waals surface area (Å²) in [4.78, 5) is 29.2. The number of nitrogens with one attached hydrogen (secondary N) is 1. The number of carbonyl (C=O) groups excluding carboxylic acids is 2. The minimum absolute atomic E-state index is 0.152. The van der Waals surface area contributed by atoms with Crippen molar-refractivity contribution in [3.8, 4) is 11.3 Å². The number of carbonyl (C=O) groups is 2. The molecule has 1 aliphatic heterocycles. The highest BCUT2D eigenvalue weighted by molar-refractivity contribution is 7.93. The molecule has 1 aliphatic rings. The van der Waals surface area contributed by atoms with Crippen molar-refractivity contribution in [2.45, 2.75) is 11.8 Å². The fraction of sp³-hybridized carbons (Fsp3) is 0.125. The summed E-state index contributed by atoms with van der Waals surface area (Å²) in [7, 11) is -3.88. The van der Waals surface area contributed by atoms with Gasteiger partial charge < -0.3 is 4.74 Å². The molecule has 0 atom stereocenters. The SMILES string of the molecule is Cc1ccc(-c2csc(NC(=O)COC(=O)CN3c4cccc5cccc(c45)S3(=O)=O)n2)cc1. The van der Waals surface area contributed by atoms with Crippen LogP contribution in [0.15, 0.2) is 70.9 Å². The highest BCUT2D eigenvalue weighted by Crippen LogP contribution is 2.41. The molecule has 0 saturated carbocycles. The number of thiazole rings is 1. The first kappa shape index (κ1) is 22.1. The third-order valence-corrected chi connectivity index (χ3v) is 7.98. The van der Waals surface area contributed by atoms with Crippen LogP contribution in [-0.4, -0.2) is 38.4 Å². The number of aryl methyl sites for hydroxylation is 1. The molecule has 4 aromatic rings. The maximum Gasteiger partial charge on any atom is 0.327 e. The van der Waals surface area contributed by atoms with Crippen LogP contribution in [-0.2, 0) is 24.3 Å². The molecule has 5 rings (SSSR count). The van der Waals surface area contributed by atoms with Gasteiger partial charge in [0, 0.05) is 16.3 Å². The molecule has 0 saturated heterocycles. The third-order valence-electron chi connectivity index (χ3n) is 5.42. The summed E-state index contributed by atoms with van der Waals surface area (Å²) >= 11 is 1.26. The van der Waals surface area contributed by atoms with Gasteiger partial charge in [0.25, 0.3) is 15.9 Å². The van der Waals surface area contributed by atoms with Crippen LogP contribution in [0, 0.1) is 6.92 Å². The first-order chi connectivity index (χ1) is 16.3. The Morgan fingerprint density at radius 3 is 2.56 bits per heavy atom. The van der Waals surface area contributed by atoms with Crippen molar-refractivity contribution in [3.05, 3.63) is 71.6 Å². The lowest BCUT2D eigenvalue weighted by atomic mass is 10.1. The molecule has 0 aliphatic carbocycles.